The zero-order valence-electron chi connectivity index (χ0n) is 13.9. The Morgan fingerprint density at radius 2 is 1.83 bits per heavy atom. The standard InChI is InChI=1S/C16H23NO5S/c1-12-8-5-6-9-13(12)23(19,20)22-14(17-10-7-11-17)15(18)21-16(2,3)4/h5-6,8-9,14H,7,10-11H2,1-4H3/t14-/m1/s1. The third-order valence-electron chi connectivity index (χ3n) is 3.41. The zero-order valence-corrected chi connectivity index (χ0v) is 14.7. The van der Waals surface area contributed by atoms with Crippen molar-refractivity contribution in [3.05, 3.63) is 29.8 Å². The van der Waals surface area contributed by atoms with E-state index in [1.54, 1.807) is 50.8 Å². The van der Waals surface area contributed by atoms with Crippen molar-refractivity contribution >= 4 is 16.1 Å². The summed E-state index contributed by atoms with van der Waals surface area (Å²) in [6.07, 6.45) is -0.347. The first-order chi connectivity index (χ1) is 10.6. The van der Waals surface area contributed by atoms with Crippen LogP contribution in [0.15, 0.2) is 29.2 Å². The maximum atomic E-state index is 12.5. The molecule has 1 aromatic rings. The monoisotopic (exact) mass is 341 g/mol. The van der Waals surface area contributed by atoms with Gasteiger partial charge in [-0.15, -0.1) is 0 Å². The molecule has 1 saturated heterocycles. The Bertz CT molecular complexity index is 674. The van der Waals surface area contributed by atoms with Crippen molar-refractivity contribution < 1.29 is 22.1 Å². The van der Waals surface area contributed by atoms with Crippen LogP contribution in [-0.4, -0.2) is 44.2 Å². The molecule has 0 aromatic heterocycles. The van der Waals surface area contributed by atoms with E-state index >= 15 is 0 Å². The van der Waals surface area contributed by atoms with Gasteiger partial charge >= 0.3 is 5.97 Å². The van der Waals surface area contributed by atoms with Gasteiger partial charge in [-0.1, -0.05) is 18.2 Å². The highest BCUT2D eigenvalue weighted by Gasteiger charge is 2.38. The molecule has 1 aliphatic heterocycles. The Labute approximate surface area is 137 Å². The second-order valence-electron chi connectivity index (χ2n) is 6.59. The van der Waals surface area contributed by atoms with E-state index in [9.17, 15) is 13.2 Å². The number of benzene rings is 1. The van der Waals surface area contributed by atoms with E-state index in [0.717, 1.165) is 6.42 Å². The van der Waals surface area contributed by atoms with Gasteiger partial charge in [0.1, 0.15) is 5.60 Å². The van der Waals surface area contributed by atoms with Gasteiger partial charge in [-0.05, 0) is 45.7 Å². The van der Waals surface area contributed by atoms with Gasteiger partial charge < -0.3 is 4.74 Å². The summed E-state index contributed by atoms with van der Waals surface area (Å²) in [4.78, 5) is 14.1. The van der Waals surface area contributed by atoms with Crippen LogP contribution in [0.5, 0.6) is 0 Å². The summed E-state index contributed by atoms with van der Waals surface area (Å²) in [5, 5.41) is 0. The summed E-state index contributed by atoms with van der Waals surface area (Å²) >= 11 is 0. The van der Waals surface area contributed by atoms with Crippen LogP contribution in [0.4, 0.5) is 0 Å². The molecule has 1 heterocycles. The van der Waals surface area contributed by atoms with Crippen LogP contribution in [0.2, 0.25) is 0 Å². The Balaban J connectivity index is 2.24. The summed E-state index contributed by atoms with van der Waals surface area (Å²) in [7, 11) is -4.05. The van der Waals surface area contributed by atoms with E-state index in [0.29, 0.717) is 18.7 Å². The fourth-order valence-corrected chi connectivity index (χ4v) is 3.44. The van der Waals surface area contributed by atoms with Crippen LogP contribution in [0.1, 0.15) is 32.8 Å². The minimum Gasteiger partial charge on any atom is -0.457 e. The fraction of sp³-hybridized carbons (Fsp3) is 0.562. The number of hydrogen-bond acceptors (Lipinski definition) is 6. The van der Waals surface area contributed by atoms with Crippen molar-refractivity contribution in [3.63, 3.8) is 0 Å². The van der Waals surface area contributed by atoms with Gasteiger partial charge in [0.05, 0.1) is 4.90 Å². The molecule has 0 unspecified atom stereocenters. The Hall–Kier alpha value is -1.44. The highest BCUT2D eigenvalue weighted by molar-refractivity contribution is 7.86. The quantitative estimate of drug-likeness (QED) is 0.603. The highest BCUT2D eigenvalue weighted by atomic mass is 32.2. The second-order valence-corrected chi connectivity index (χ2v) is 8.13. The average molecular weight is 341 g/mol. The smallest absolute Gasteiger partial charge is 0.352 e. The summed E-state index contributed by atoms with van der Waals surface area (Å²) in [5.74, 6) is -0.686. The number of hydrogen-bond donors (Lipinski definition) is 0. The summed E-state index contributed by atoms with van der Waals surface area (Å²) in [6.45, 7) is 8.08. The van der Waals surface area contributed by atoms with Gasteiger partial charge in [0.2, 0.25) is 6.23 Å². The van der Waals surface area contributed by atoms with E-state index in [2.05, 4.69) is 0 Å². The Morgan fingerprint density at radius 3 is 2.30 bits per heavy atom. The van der Waals surface area contributed by atoms with E-state index in [1.807, 2.05) is 0 Å². The van der Waals surface area contributed by atoms with E-state index < -0.39 is 27.9 Å². The number of esters is 1. The lowest BCUT2D eigenvalue weighted by molar-refractivity contribution is -0.176. The number of ether oxygens (including phenoxy) is 1. The number of nitrogens with zero attached hydrogens (tertiary/aromatic N) is 1. The normalized spacial score (nSPS) is 17.4. The Kier molecular flexibility index (Phi) is 5.13. The second kappa shape index (κ2) is 6.59. The predicted molar refractivity (Wildman–Crippen MR) is 85.3 cm³/mol. The van der Waals surface area contributed by atoms with Crippen LogP contribution in [0, 0.1) is 6.92 Å². The van der Waals surface area contributed by atoms with Gasteiger partial charge in [-0.3, -0.25) is 4.90 Å². The Morgan fingerprint density at radius 1 is 1.22 bits per heavy atom. The molecule has 1 fully saturated rings. The molecule has 0 saturated carbocycles. The average Bonchev–Trinajstić information content (AvgIpc) is 2.33. The number of aryl methyl sites for hydroxylation is 1. The molecule has 0 spiro atoms. The van der Waals surface area contributed by atoms with E-state index in [-0.39, 0.29) is 4.90 Å². The summed E-state index contributed by atoms with van der Waals surface area (Å²) in [6, 6.07) is 6.51. The van der Waals surface area contributed by atoms with Crippen molar-refractivity contribution in [2.45, 2.75) is 50.8 Å². The minimum absolute atomic E-state index is 0.0640. The molecule has 7 heteroatoms. The SMILES string of the molecule is Cc1ccccc1S(=O)(=O)O[C@H](C(=O)OC(C)(C)C)N1CCC1. The van der Waals surface area contributed by atoms with E-state index in [1.165, 1.54) is 6.07 Å². The predicted octanol–water partition coefficient (Wildman–Crippen LogP) is 2.07. The molecule has 6 nitrogen and oxygen atoms in total. The number of rotatable bonds is 5. The third-order valence-corrected chi connectivity index (χ3v) is 4.84. The highest BCUT2D eigenvalue weighted by Crippen LogP contribution is 2.23. The molecule has 128 valence electrons. The summed E-state index contributed by atoms with van der Waals surface area (Å²) in [5.41, 5.74) is -0.144. The summed E-state index contributed by atoms with van der Waals surface area (Å²) < 4.78 is 35.6. The van der Waals surface area contributed by atoms with Crippen molar-refractivity contribution in [1.82, 2.24) is 4.90 Å². The van der Waals surface area contributed by atoms with Gasteiger partial charge in [0.25, 0.3) is 10.1 Å². The molecule has 0 radical (unpaired) electrons. The number of carbonyl (C=O) groups excluding carboxylic acids is 1. The number of carbonyl (C=O) groups is 1. The van der Waals surface area contributed by atoms with Crippen LogP contribution in [0.25, 0.3) is 0 Å². The zero-order chi connectivity index (χ0) is 17.3. The molecule has 0 amide bonds. The maximum absolute atomic E-state index is 12.5. The maximum Gasteiger partial charge on any atom is 0.352 e. The molecule has 1 aliphatic rings. The third kappa shape index (κ3) is 4.53. The molecule has 23 heavy (non-hydrogen) atoms. The lowest BCUT2D eigenvalue weighted by Gasteiger charge is -2.37. The van der Waals surface area contributed by atoms with Crippen molar-refractivity contribution in [2.75, 3.05) is 13.1 Å². The first kappa shape index (κ1) is 17.9. The molecule has 0 bridgehead atoms. The van der Waals surface area contributed by atoms with Gasteiger partial charge in [0.15, 0.2) is 0 Å². The van der Waals surface area contributed by atoms with Crippen LogP contribution in [0.3, 0.4) is 0 Å². The molecular weight excluding hydrogens is 318 g/mol. The largest absolute Gasteiger partial charge is 0.457 e. The molecule has 1 aromatic carbocycles. The molecule has 0 aliphatic carbocycles. The van der Waals surface area contributed by atoms with Crippen molar-refractivity contribution in [3.8, 4) is 0 Å². The minimum atomic E-state index is -4.05. The molecule has 2 rings (SSSR count). The first-order valence-electron chi connectivity index (χ1n) is 7.56. The van der Waals surface area contributed by atoms with Crippen LogP contribution < -0.4 is 0 Å². The molecule has 0 N–H and O–H groups in total. The molecular formula is C16H23NO5S. The number of likely N-dealkylation sites (tertiary alicyclic amines) is 1. The van der Waals surface area contributed by atoms with Crippen LogP contribution >= 0.6 is 0 Å². The van der Waals surface area contributed by atoms with Gasteiger partial charge in [-0.25, -0.2) is 8.98 Å². The topological polar surface area (TPSA) is 72.9 Å². The van der Waals surface area contributed by atoms with Gasteiger partial charge in [0, 0.05) is 13.1 Å². The van der Waals surface area contributed by atoms with Crippen molar-refractivity contribution in [2.24, 2.45) is 0 Å². The van der Waals surface area contributed by atoms with Crippen LogP contribution in [-0.2, 0) is 23.8 Å². The lowest BCUT2D eigenvalue weighted by atomic mass is 10.2. The first-order valence-corrected chi connectivity index (χ1v) is 8.97. The lowest BCUT2D eigenvalue weighted by Crippen LogP contribution is -2.52. The van der Waals surface area contributed by atoms with Crippen molar-refractivity contribution in [1.29, 1.82) is 0 Å². The van der Waals surface area contributed by atoms with E-state index in [4.69, 9.17) is 8.92 Å². The van der Waals surface area contributed by atoms with Gasteiger partial charge in [-0.2, -0.15) is 8.42 Å². The fourth-order valence-electron chi connectivity index (χ4n) is 2.19. The molecule has 1 atom stereocenters.